The van der Waals surface area contributed by atoms with Gasteiger partial charge in [0.2, 0.25) is 5.91 Å². The lowest BCUT2D eigenvalue weighted by molar-refractivity contribution is -0.129. The number of hydrogen-bond acceptors (Lipinski definition) is 2. The average molecular weight is 493 g/mol. The minimum absolute atomic E-state index is 0. The summed E-state index contributed by atoms with van der Waals surface area (Å²) in [5, 5.41) is 4.16. The monoisotopic (exact) mass is 492 g/mol. The Morgan fingerprint density at radius 2 is 2.23 bits per heavy atom. The molecule has 0 radical (unpaired) electrons. The van der Waals surface area contributed by atoms with E-state index >= 15 is 0 Å². The van der Waals surface area contributed by atoms with Crippen LogP contribution in [-0.4, -0.2) is 54.9 Å². The van der Waals surface area contributed by atoms with Crippen molar-refractivity contribution in [2.75, 3.05) is 27.2 Å². The molecule has 1 saturated heterocycles. The SMILES string of the molecule is CCC(CCNC(=NC)N(C)Cc1cccc(Cl)c1)N1CCCC1=O.I. The van der Waals surface area contributed by atoms with Crippen LogP contribution in [-0.2, 0) is 11.3 Å². The van der Waals surface area contributed by atoms with Crippen molar-refractivity contribution in [1.29, 1.82) is 0 Å². The number of guanidine groups is 1. The number of benzene rings is 1. The molecule has 1 aliphatic heterocycles. The number of rotatable bonds is 7. The van der Waals surface area contributed by atoms with Crippen LogP contribution in [0.25, 0.3) is 0 Å². The highest BCUT2D eigenvalue weighted by Crippen LogP contribution is 2.17. The molecule has 1 atom stereocenters. The standard InChI is InChI=1S/C19H29ClN4O.HI/c1-4-17(24-12-6-9-18(24)25)10-11-22-19(21-2)23(3)14-15-7-5-8-16(20)13-15;/h5,7-8,13,17H,4,6,9-12,14H2,1-3H3,(H,21,22);1H. The first-order valence-corrected chi connectivity index (χ1v) is 9.38. The summed E-state index contributed by atoms with van der Waals surface area (Å²) in [6.07, 6.45) is 3.62. The maximum Gasteiger partial charge on any atom is 0.222 e. The first-order valence-electron chi connectivity index (χ1n) is 9.00. The van der Waals surface area contributed by atoms with Gasteiger partial charge in [-0.25, -0.2) is 0 Å². The van der Waals surface area contributed by atoms with Gasteiger partial charge in [0.1, 0.15) is 0 Å². The number of halogens is 2. The Morgan fingerprint density at radius 1 is 1.46 bits per heavy atom. The average Bonchev–Trinajstić information content (AvgIpc) is 3.01. The summed E-state index contributed by atoms with van der Waals surface area (Å²) in [5.41, 5.74) is 1.15. The lowest BCUT2D eigenvalue weighted by atomic mass is 10.1. The van der Waals surface area contributed by atoms with E-state index in [9.17, 15) is 4.79 Å². The Labute approximate surface area is 179 Å². The topological polar surface area (TPSA) is 47.9 Å². The predicted molar refractivity (Wildman–Crippen MR) is 119 cm³/mol. The van der Waals surface area contributed by atoms with Crippen molar-refractivity contribution < 1.29 is 4.79 Å². The van der Waals surface area contributed by atoms with Crippen molar-refractivity contribution in [1.82, 2.24) is 15.1 Å². The normalized spacial score (nSPS) is 15.6. The Hall–Kier alpha value is -1.02. The van der Waals surface area contributed by atoms with Gasteiger partial charge in [-0.2, -0.15) is 0 Å². The predicted octanol–water partition coefficient (Wildman–Crippen LogP) is 3.76. The number of carbonyl (C=O) groups excluding carboxylic acids is 1. The summed E-state index contributed by atoms with van der Waals surface area (Å²) in [7, 11) is 3.80. The van der Waals surface area contributed by atoms with Gasteiger partial charge in [-0.15, -0.1) is 24.0 Å². The molecule has 1 fully saturated rings. The number of nitrogens with one attached hydrogen (secondary N) is 1. The van der Waals surface area contributed by atoms with E-state index in [-0.39, 0.29) is 24.0 Å². The summed E-state index contributed by atoms with van der Waals surface area (Å²) in [6.45, 7) is 4.59. The maximum atomic E-state index is 11.9. The van der Waals surface area contributed by atoms with Crippen LogP contribution >= 0.6 is 35.6 Å². The lowest BCUT2D eigenvalue weighted by Gasteiger charge is -2.28. The Bertz CT molecular complexity index is 611. The zero-order chi connectivity index (χ0) is 18.2. The summed E-state index contributed by atoms with van der Waals surface area (Å²) in [6, 6.07) is 8.18. The Morgan fingerprint density at radius 3 is 2.81 bits per heavy atom. The molecule has 1 aliphatic rings. The Balaban J connectivity index is 0.00000338. The molecule has 26 heavy (non-hydrogen) atoms. The number of amides is 1. The first kappa shape index (κ1) is 23.0. The molecular formula is C19H30ClIN4O. The second kappa shape index (κ2) is 11.6. The van der Waals surface area contributed by atoms with E-state index in [1.165, 1.54) is 0 Å². The van der Waals surface area contributed by atoms with E-state index in [0.717, 1.165) is 55.4 Å². The molecule has 0 spiro atoms. The van der Waals surface area contributed by atoms with Gasteiger partial charge >= 0.3 is 0 Å². The molecule has 1 unspecified atom stereocenters. The summed E-state index contributed by atoms with van der Waals surface area (Å²) < 4.78 is 0. The Kier molecular flexibility index (Phi) is 10.3. The highest BCUT2D eigenvalue weighted by Gasteiger charge is 2.26. The third-order valence-electron chi connectivity index (χ3n) is 4.66. The number of aliphatic imine (C=N–C) groups is 1. The molecule has 1 amide bonds. The largest absolute Gasteiger partial charge is 0.356 e. The summed E-state index contributed by atoms with van der Waals surface area (Å²) in [5.74, 6) is 1.15. The lowest BCUT2D eigenvalue weighted by Crippen LogP contribution is -2.42. The summed E-state index contributed by atoms with van der Waals surface area (Å²) in [4.78, 5) is 20.4. The van der Waals surface area contributed by atoms with Crippen molar-refractivity contribution in [3.63, 3.8) is 0 Å². The van der Waals surface area contributed by atoms with E-state index in [1.54, 1.807) is 7.05 Å². The summed E-state index contributed by atoms with van der Waals surface area (Å²) >= 11 is 6.05. The van der Waals surface area contributed by atoms with E-state index < -0.39 is 0 Å². The molecule has 0 aliphatic carbocycles. The van der Waals surface area contributed by atoms with Gasteiger partial charge in [-0.3, -0.25) is 9.79 Å². The first-order chi connectivity index (χ1) is 12.0. The van der Waals surface area contributed by atoms with Crippen molar-refractivity contribution >= 4 is 47.4 Å². The van der Waals surface area contributed by atoms with Crippen LogP contribution in [0, 0.1) is 0 Å². The van der Waals surface area contributed by atoms with Crippen LogP contribution < -0.4 is 5.32 Å². The van der Waals surface area contributed by atoms with Crippen molar-refractivity contribution in [2.24, 2.45) is 4.99 Å². The zero-order valence-electron chi connectivity index (χ0n) is 15.9. The van der Waals surface area contributed by atoms with Crippen molar-refractivity contribution in [3.8, 4) is 0 Å². The van der Waals surface area contributed by atoms with E-state index in [4.69, 9.17) is 11.6 Å². The van der Waals surface area contributed by atoms with Gasteiger partial charge in [0.25, 0.3) is 0 Å². The minimum Gasteiger partial charge on any atom is -0.356 e. The van der Waals surface area contributed by atoms with Crippen LogP contribution in [0.5, 0.6) is 0 Å². The molecule has 146 valence electrons. The highest BCUT2D eigenvalue weighted by molar-refractivity contribution is 14.0. The zero-order valence-corrected chi connectivity index (χ0v) is 19.0. The van der Waals surface area contributed by atoms with Gasteiger partial charge in [-0.1, -0.05) is 30.7 Å². The van der Waals surface area contributed by atoms with E-state index in [1.807, 2.05) is 30.1 Å². The molecule has 1 aromatic carbocycles. The van der Waals surface area contributed by atoms with E-state index in [2.05, 4.69) is 28.2 Å². The molecule has 1 N–H and O–H groups in total. The molecule has 1 heterocycles. The second-order valence-electron chi connectivity index (χ2n) is 6.50. The van der Waals surface area contributed by atoms with Gasteiger partial charge in [0.15, 0.2) is 5.96 Å². The molecule has 0 saturated carbocycles. The van der Waals surface area contributed by atoms with Crippen LogP contribution in [0.15, 0.2) is 29.3 Å². The molecule has 0 aromatic heterocycles. The van der Waals surface area contributed by atoms with E-state index in [0.29, 0.717) is 18.4 Å². The quantitative estimate of drug-likeness (QED) is 0.358. The van der Waals surface area contributed by atoms with Gasteiger partial charge in [-0.05, 0) is 37.0 Å². The van der Waals surface area contributed by atoms with Crippen molar-refractivity contribution in [3.05, 3.63) is 34.9 Å². The number of hydrogen-bond donors (Lipinski definition) is 1. The fourth-order valence-electron chi connectivity index (χ4n) is 3.35. The van der Waals surface area contributed by atoms with Gasteiger partial charge in [0, 0.05) is 51.2 Å². The fourth-order valence-corrected chi connectivity index (χ4v) is 3.57. The van der Waals surface area contributed by atoms with Crippen molar-refractivity contribution in [2.45, 2.75) is 45.2 Å². The molecule has 0 bridgehead atoms. The molecular weight excluding hydrogens is 463 g/mol. The van der Waals surface area contributed by atoms with Crippen LogP contribution in [0.3, 0.4) is 0 Å². The number of carbonyl (C=O) groups is 1. The highest BCUT2D eigenvalue weighted by atomic mass is 127. The maximum absolute atomic E-state index is 11.9. The van der Waals surface area contributed by atoms with Gasteiger partial charge < -0.3 is 15.1 Å². The molecule has 7 heteroatoms. The van der Waals surface area contributed by atoms with Gasteiger partial charge in [0.05, 0.1) is 0 Å². The fraction of sp³-hybridized carbons (Fsp3) is 0.579. The molecule has 1 aromatic rings. The minimum atomic E-state index is 0. The third-order valence-corrected chi connectivity index (χ3v) is 4.90. The van der Waals surface area contributed by atoms with Crippen LogP contribution in [0.4, 0.5) is 0 Å². The molecule has 5 nitrogen and oxygen atoms in total. The van der Waals surface area contributed by atoms with Crippen LogP contribution in [0.1, 0.15) is 38.2 Å². The second-order valence-corrected chi connectivity index (χ2v) is 6.94. The molecule has 2 rings (SSSR count). The number of likely N-dealkylation sites (tertiary alicyclic amines) is 1. The smallest absolute Gasteiger partial charge is 0.222 e. The third kappa shape index (κ3) is 6.61. The number of nitrogens with zero attached hydrogens (tertiary/aromatic N) is 3. The van der Waals surface area contributed by atoms with Crippen LogP contribution in [0.2, 0.25) is 5.02 Å².